The Hall–Kier alpha value is 0.0600. The average molecular weight is 370 g/mol. The molecule has 0 aliphatic heterocycles. The van der Waals surface area contributed by atoms with Gasteiger partial charge in [0, 0.05) is 0 Å². The minimum Gasteiger partial charge on any atom is -0.415 e. The van der Waals surface area contributed by atoms with Crippen molar-refractivity contribution in [3.8, 4) is 5.75 Å². The fourth-order valence-electron chi connectivity index (χ4n) is 0.921. The van der Waals surface area contributed by atoms with Crippen LogP contribution in [0.4, 0.5) is 4.79 Å². The molecule has 0 heterocycles. The normalized spacial score (nSPS) is 14.9. The summed E-state index contributed by atoms with van der Waals surface area (Å²) in [4.78, 5) is 46.3. The molecule has 0 radical (unpaired) electrons. The molecule has 1 atom stereocenters. The number of hydrogen-bond acceptors (Lipinski definition) is 6. The maximum absolute atomic E-state index is 11.5. The second kappa shape index (κ2) is 5.82. The van der Waals surface area contributed by atoms with E-state index in [1.54, 1.807) is 0 Å². The highest BCUT2D eigenvalue weighted by Gasteiger charge is 2.57. The average Bonchev–Trinajstić information content (AvgIpc) is 2.28. The first-order chi connectivity index (χ1) is 8.47. The van der Waals surface area contributed by atoms with E-state index >= 15 is 0 Å². The van der Waals surface area contributed by atoms with Crippen LogP contribution in [-0.4, -0.2) is 24.8 Å². The van der Waals surface area contributed by atoms with Crippen LogP contribution < -0.4 is 4.52 Å². The smallest absolute Gasteiger partial charge is 0.415 e. The van der Waals surface area contributed by atoms with Crippen molar-refractivity contribution in [3.63, 3.8) is 0 Å². The van der Waals surface area contributed by atoms with Crippen molar-refractivity contribution in [2.45, 2.75) is 0 Å². The molecule has 1 aromatic carbocycles. The fourth-order valence-corrected chi connectivity index (χ4v) is 3.52. The first-order valence-electron chi connectivity index (χ1n) is 4.25. The lowest BCUT2D eigenvalue weighted by Gasteiger charge is -2.13. The fraction of sp³-hybridized carbons (Fsp3) is 0. The number of carbonyl (C=O) groups is 1. The summed E-state index contributed by atoms with van der Waals surface area (Å²) in [5.41, 5.74) is 0. The Morgan fingerprint density at radius 3 is 2.16 bits per heavy atom. The summed E-state index contributed by atoms with van der Waals surface area (Å²) in [6.45, 7) is 0. The van der Waals surface area contributed by atoms with Gasteiger partial charge in [0.25, 0.3) is 0 Å². The highest BCUT2D eigenvalue weighted by Crippen LogP contribution is 2.63. The van der Waals surface area contributed by atoms with Gasteiger partial charge in [-0.1, -0.05) is 34.8 Å². The van der Waals surface area contributed by atoms with Crippen LogP contribution in [0.3, 0.4) is 0 Å². The van der Waals surface area contributed by atoms with E-state index in [2.05, 4.69) is 4.52 Å². The minimum atomic E-state index is -5.21. The van der Waals surface area contributed by atoms with E-state index in [9.17, 15) is 14.3 Å². The SMILES string of the molecule is O=C(P(=O)(O)Oc1ccc(Cl)c(Cl)c1Cl)[P+](O)(O)O. The molecule has 7 nitrogen and oxygen atoms in total. The number of halogens is 3. The summed E-state index contributed by atoms with van der Waals surface area (Å²) < 4.78 is 15.9. The van der Waals surface area contributed by atoms with Crippen LogP contribution in [0.5, 0.6) is 5.75 Å². The molecule has 0 amide bonds. The molecule has 0 aliphatic rings. The molecular weight excluding hydrogens is 364 g/mol. The lowest BCUT2D eigenvalue weighted by atomic mass is 10.3. The van der Waals surface area contributed by atoms with Crippen molar-refractivity contribution >= 4 is 55.6 Å². The maximum Gasteiger partial charge on any atom is 0.493 e. The Morgan fingerprint density at radius 2 is 1.68 bits per heavy atom. The molecule has 0 bridgehead atoms. The van der Waals surface area contributed by atoms with Crippen molar-refractivity contribution in [3.05, 3.63) is 27.2 Å². The zero-order chi connectivity index (χ0) is 15.0. The van der Waals surface area contributed by atoms with Crippen LogP contribution in [0.25, 0.3) is 0 Å². The summed E-state index contributed by atoms with van der Waals surface area (Å²) in [7, 11) is -10.4. The molecule has 0 aromatic heterocycles. The van der Waals surface area contributed by atoms with Gasteiger partial charge in [0.15, 0.2) is 0 Å². The van der Waals surface area contributed by atoms with E-state index in [4.69, 9.17) is 49.5 Å². The zero-order valence-corrected chi connectivity index (χ0v) is 12.8. The summed E-state index contributed by atoms with van der Waals surface area (Å²) in [6, 6.07) is 2.22. The zero-order valence-electron chi connectivity index (χ0n) is 8.70. The van der Waals surface area contributed by atoms with E-state index in [0.29, 0.717) is 0 Å². The summed E-state index contributed by atoms with van der Waals surface area (Å²) in [6.07, 6.45) is 0. The van der Waals surface area contributed by atoms with Gasteiger partial charge >= 0.3 is 20.8 Å². The Bertz CT molecular complexity index is 571. The molecular formula is C7H6Cl3O7P2+. The molecule has 1 unspecified atom stereocenters. The largest absolute Gasteiger partial charge is 0.493 e. The van der Waals surface area contributed by atoms with E-state index in [1.807, 2.05) is 0 Å². The van der Waals surface area contributed by atoms with Crippen LogP contribution >= 0.6 is 50.3 Å². The lowest BCUT2D eigenvalue weighted by Crippen LogP contribution is -2.08. The van der Waals surface area contributed by atoms with Crippen LogP contribution in [0, 0.1) is 0 Å². The van der Waals surface area contributed by atoms with Crippen LogP contribution in [0.1, 0.15) is 0 Å². The van der Waals surface area contributed by atoms with Crippen molar-refractivity contribution < 1.29 is 33.5 Å². The topological polar surface area (TPSA) is 124 Å². The van der Waals surface area contributed by atoms with Crippen LogP contribution in [0.15, 0.2) is 12.1 Å². The van der Waals surface area contributed by atoms with Crippen molar-refractivity contribution in [1.82, 2.24) is 0 Å². The van der Waals surface area contributed by atoms with Gasteiger partial charge in [-0.05, 0) is 12.1 Å². The molecule has 1 rings (SSSR count). The van der Waals surface area contributed by atoms with Gasteiger partial charge in [-0.2, -0.15) is 14.7 Å². The molecule has 0 saturated carbocycles. The molecule has 19 heavy (non-hydrogen) atoms. The third-order valence-corrected chi connectivity index (χ3v) is 6.00. The molecule has 0 spiro atoms. The third kappa shape index (κ3) is 4.02. The Balaban J connectivity index is 3.13. The van der Waals surface area contributed by atoms with Gasteiger partial charge in [0.1, 0.15) is 10.8 Å². The van der Waals surface area contributed by atoms with Crippen molar-refractivity contribution in [1.29, 1.82) is 0 Å². The minimum absolute atomic E-state index is 0.0337. The lowest BCUT2D eigenvalue weighted by molar-refractivity contribution is 0.250. The Kier molecular flexibility index (Phi) is 5.24. The molecule has 0 saturated heterocycles. The monoisotopic (exact) mass is 369 g/mol. The van der Waals surface area contributed by atoms with Gasteiger partial charge in [-0.3, -0.25) is 0 Å². The molecule has 1 aromatic rings. The number of carbonyl (C=O) groups excluding carboxylic acids is 1. The van der Waals surface area contributed by atoms with Gasteiger partial charge in [0.05, 0.1) is 10.0 Å². The van der Waals surface area contributed by atoms with Crippen molar-refractivity contribution in [2.24, 2.45) is 0 Å². The highest BCUT2D eigenvalue weighted by molar-refractivity contribution is 8.00. The van der Waals surface area contributed by atoms with Gasteiger partial charge < -0.3 is 9.42 Å². The first-order valence-corrected chi connectivity index (χ1v) is 8.61. The van der Waals surface area contributed by atoms with E-state index in [0.717, 1.165) is 6.07 Å². The predicted octanol–water partition coefficient (Wildman–Crippen LogP) is 3.07. The van der Waals surface area contributed by atoms with Gasteiger partial charge in [0.2, 0.25) is 0 Å². The maximum atomic E-state index is 11.5. The summed E-state index contributed by atoms with van der Waals surface area (Å²) in [5, 5.41) is -2.64. The summed E-state index contributed by atoms with van der Waals surface area (Å²) in [5.74, 6) is -0.483. The second-order valence-electron chi connectivity index (χ2n) is 3.14. The standard InChI is InChI=1S/C7H5Cl3O7P2/c8-3-1-2-4(6(10)5(3)9)17-19(15,16)7(11)18(12,13)14/h1-2,12-14H/p+1. The first kappa shape index (κ1) is 17.1. The second-order valence-corrected chi connectivity index (χ2v) is 7.82. The van der Waals surface area contributed by atoms with Gasteiger partial charge in [-0.25, -0.2) is 9.36 Å². The number of rotatable bonds is 4. The van der Waals surface area contributed by atoms with Crippen molar-refractivity contribution in [2.75, 3.05) is 0 Å². The molecule has 4 N–H and O–H groups in total. The molecule has 106 valence electrons. The van der Waals surface area contributed by atoms with Gasteiger partial charge in [-0.15, -0.1) is 0 Å². The molecule has 0 aliphatic carbocycles. The Morgan fingerprint density at radius 1 is 1.16 bits per heavy atom. The van der Waals surface area contributed by atoms with E-state index < -0.39 is 26.6 Å². The van der Waals surface area contributed by atoms with E-state index in [1.165, 1.54) is 6.07 Å². The Labute approximate surface area is 122 Å². The van der Waals surface area contributed by atoms with E-state index in [-0.39, 0.29) is 15.1 Å². The van der Waals surface area contributed by atoms with Crippen LogP contribution in [0.2, 0.25) is 15.1 Å². The number of benzene rings is 1. The third-order valence-electron chi connectivity index (χ3n) is 1.72. The molecule has 12 heteroatoms. The summed E-state index contributed by atoms with van der Waals surface area (Å²) >= 11 is 16.9. The number of hydrogen-bond donors (Lipinski definition) is 4. The predicted molar refractivity (Wildman–Crippen MR) is 70.9 cm³/mol. The molecule has 0 fully saturated rings. The highest BCUT2D eigenvalue weighted by atomic mass is 35.5. The quantitative estimate of drug-likeness (QED) is 0.474. The van der Waals surface area contributed by atoms with Crippen LogP contribution in [-0.2, 0) is 4.57 Å².